The number of ether oxygens (including phenoxy) is 2. The van der Waals surface area contributed by atoms with E-state index in [1.807, 2.05) is 25.1 Å². The van der Waals surface area contributed by atoms with Crippen molar-refractivity contribution < 1.29 is 19.4 Å². The lowest BCUT2D eigenvalue weighted by atomic mass is 9.88. The Kier molecular flexibility index (Phi) is 5.52. The SMILES string of the molecule is C[C@H](NC(CCC(C)(C)C)C(=O)O)c1ccc2c(c1)OCCO2. The van der Waals surface area contributed by atoms with E-state index in [-0.39, 0.29) is 11.5 Å². The molecule has 128 valence electrons. The third kappa shape index (κ3) is 5.13. The van der Waals surface area contributed by atoms with Crippen LogP contribution in [-0.4, -0.2) is 30.3 Å². The van der Waals surface area contributed by atoms with Crippen LogP contribution in [0.1, 0.15) is 52.1 Å². The summed E-state index contributed by atoms with van der Waals surface area (Å²) in [4.78, 5) is 11.5. The van der Waals surface area contributed by atoms with Gasteiger partial charge in [-0.25, -0.2) is 0 Å². The zero-order valence-corrected chi connectivity index (χ0v) is 14.4. The highest BCUT2D eigenvalue weighted by Crippen LogP contribution is 2.33. The Labute approximate surface area is 138 Å². The molecule has 0 saturated heterocycles. The van der Waals surface area contributed by atoms with Crippen molar-refractivity contribution in [2.75, 3.05) is 13.2 Å². The lowest BCUT2D eigenvalue weighted by Gasteiger charge is -2.25. The van der Waals surface area contributed by atoms with Crippen LogP contribution in [-0.2, 0) is 4.79 Å². The van der Waals surface area contributed by atoms with Crippen LogP contribution in [0, 0.1) is 5.41 Å². The van der Waals surface area contributed by atoms with Gasteiger partial charge in [0.15, 0.2) is 11.5 Å². The smallest absolute Gasteiger partial charge is 0.320 e. The van der Waals surface area contributed by atoms with Crippen molar-refractivity contribution in [1.82, 2.24) is 5.32 Å². The Morgan fingerprint density at radius 2 is 1.91 bits per heavy atom. The van der Waals surface area contributed by atoms with E-state index in [4.69, 9.17) is 9.47 Å². The standard InChI is InChI=1S/C18H27NO4/c1-12(19-14(17(20)21)7-8-18(2,3)4)13-5-6-15-16(11-13)23-10-9-22-15/h5-6,11-12,14,19H,7-10H2,1-4H3,(H,20,21)/t12-,14?/m0/s1. The number of rotatable bonds is 6. The fraction of sp³-hybridized carbons (Fsp3) is 0.611. The van der Waals surface area contributed by atoms with Gasteiger partial charge in [-0.05, 0) is 42.9 Å². The molecule has 1 heterocycles. The van der Waals surface area contributed by atoms with Crippen LogP contribution in [0.5, 0.6) is 11.5 Å². The third-order valence-corrected chi connectivity index (χ3v) is 4.00. The molecule has 0 fully saturated rings. The maximum atomic E-state index is 11.5. The lowest BCUT2D eigenvalue weighted by molar-refractivity contribution is -0.140. The third-order valence-electron chi connectivity index (χ3n) is 4.00. The first kappa shape index (κ1) is 17.6. The lowest BCUT2D eigenvalue weighted by Crippen LogP contribution is -2.39. The Balaban J connectivity index is 2.03. The molecule has 2 N–H and O–H groups in total. The minimum Gasteiger partial charge on any atom is -0.486 e. The average molecular weight is 321 g/mol. The number of fused-ring (bicyclic) bond motifs is 1. The molecule has 1 unspecified atom stereocenters. The van der Waals surface area contributed by atoms with Crippen LogP contribution < -0.4 is 14.8 Å². The van der Waals surface area contributed by atoms with Gasteiger partial charge in [0.05, 0.1) is 0 Å². The maximum Gasteiger partial charge on any atom is 0.320 e. The van der Waals surface area contributed by atoms with Gasteiger partial charge in [0.1, 0.15) is 19.3 Å². The number of aliphatic carboxylic acids is 1. The molecule has 0 aromatic heterocycles. The predicted octanol–water partition coefficient (Wildman–Crippen LogP) is 3.39. The van der Waals surface area contributed by atoms with Crippen molar-refractivity contribution >= 4 is 5.97 Å². The topological polar surface area (TPSA) is 67.8 Å². The first-order valence-corrected chi connectivity index (χ1v) is 8.15. The Hall–Kier alpha value is -1.75. The summed E-state index contributed by atoms with van der Waals surface area (Å²) in [5, 5.41) is 12.7. The van der Waals surface area contributed by atoms with E-state index in [1.54, 1.807) is 0 Å². The summed E-state index contributed by atoms with van der Waals surface area (Å²) in [6.45, 7) is 9.44. The predicted molar refractivity (Wildman–Crippen MR) is 89.1 cm³/mol. The summed E-state index contributed by atoms with van der Waals surface area (Å²) in [6.07, 6.45) is 1.46. The highest BCUT2D eigenvalue weighted by molar-refractivity contribution is 5.73. The first-order chi connectivity index (χ1) is 10.8. The minimum absolute atomic E-state index is 0.0769. The van der Waals surface area contributed by atoms with Crippen LogP contribution in [0.15, 0.2) is 18.2 Å². The summed E-state index contributed by atoms with van der Waals surface area (Å²) >= 11 is 0. The van der Waals surface area contributed by atoms with Crippen LogP contribution in [0.3, 0.4) is 0 Å². The molecule has 0 amide bonds. The molecule has 2 atom stereocenters. The van der Waals surface area contributed by atoms with Crippen LogP contribution in [0.25, 0.3) is 0 Å². The van der Waals surface area contributed by atoms with Crippen molar-refractivity contribution in [3.63, 3.8) is 0 Å². The summed E-state index contributed by atoms with van der Waals surface area (Å²) in [5.41, 5.74) is 1.12. The molecule has 1 aliphatic heterocycles. The van der Waals surface area contributed by atoms with E-state index in [9.17, 15) is 9.90 Å². The van der Waals surface area contributed by atoms with Gasteiger partial charge in [0, 0.05) is 6.04 Å². The average Bonchev–Trinajstić information content (AvgIpc) is 2.49. The van der Waals surface area contributed by atoms with Gasteiger partial charge in [0.25, 0.3) is 0 Å². The van der Waals surface area contributed by atoms with Crippen LogP contribution >= 0.6 is 0 Å². The molecule has 0 aliphatic carbocycles. The molecular formula is C18H27NO4. The molecule has 0 spiro atoms. The Morgan fingerprint density at radius 3 is 2.52 bits per heavy atom. The van der Waals surface area contributed by atoms with Crippen molar-refractivity contribution in [2.24, 2.45) is 5.41 Å². The van der Waals surface area contributed by atoms with E-state index in [0.717, 1.165) is 23.5 Å². The highest BCUT2D eigenvalue weighted by Gasteiger charge is 2.23. The molecule has 5 nitrogen and oxygen atoms in total. The Morgan fingerprint density at radius 1 is 1.26 bits per heavy atom. The molecule has 0 saturated carbocycles. The quantitative estimate of drug-likeness (QED) is 0.840. The molecule has 0 radical (unpaired) electrons. The maximum absolute atomic E-state index is 11.5. The van der Waals surface area contributed by atoms with Crippen LogP contribution in [0.4, 0.5) is 0 Å². The molecule has 1 aromatic rings. The van der Waals surface area contributed by atoms with E-state index >= 15 is 0 Å². The number of benzene rings is 1. The van der Waals surface area contributed by atoms with Crippen molar-refractivity contribution in [3.8, 4) is 11.5 Å². The highest BCUT2D eigenvalue weighted by atomic mass is 16.6. The first-order valence-electron chi connectivity index (χ1n) is 8.15. The fourth-order valence-electron chi connectivity index (χ4n) is 2.58. The molecule has 2 rings (SSSR count). The molecule has 5 heteroatoms. The zero-order valence-electron chi connectivity index (χ0n) is 14.4. The number of hydrogen-bond acceptors (Lipinski definition) is 4. The second-order valence-corrected chi connectivity index (χ2v) is 7.28. The number of carboxylic acid groups (broad SMARTS) is 1. The monoisotopic (exact) mass is 321 g/mol. The minimum atomic E-state index is -0.807. The summed E-state index contributed by atoms with van der Waals surface area (Å²) < 4.78 is 11.1. The van der Waals surface area contributed by atoms with Gasteiger partial charge in [-0.15, -0.1) is 0 Å². The van der Waals surface area contributed by atoms with E-state index in [1.165, 1.54) is 0 Å². The van der Waals surface area contributed by atoms with Crippen LogP contribution in [0.2, 0.25) is 0 Å². The zero-order chi connectivity index (χ0) is 17.0. The summed E-state index contributed by atoms with van der Waals surface area (Å²) in [7, 11) is 0. The summed E-state index contributed by atoms with van der Waals surface area (Å²) in [5.74, 6) is 0.664. The normalized spacial score (nSPS) is 16.7. The van der Waals surface area contributed by atoms with E-state index in [0.29, 0.717) is 19.6 Å². The molecule has 1 aromatic carbocycles. The second kappa shape index (κ2) is 7.21. The summed E-state index contributed by atoms with van der Waals surface area (Å²) in [6, 6.07) is 5.12. The number of carboxylic acids is 1. The van der Waals surface area contributed by atoms with Crippen molar-refractivity contribution in [1.29, 1.82) is 0 Å². The fourth-order valence-corrected chi connectivity index (χ4v) is 2.58. The van der Waals surface area contributed by atoms with Crippen molar-refractivity contribution in [3.05, 3.63) is 23.8 Å². The molecule has 1 aliphatic rings. The van der Waals surface area contributed by atoms with Gasteiger partial charge in [0.2, 0.25) is 0 Å². The Bertz CT molecular complexity index is 550. The van der Waals surface area contributed by atoms with Gasteiger partial charge >= 0.3 is 5.97 Å². The van der Waals surface area contributed by atoms with E-state index < -0.39 is 12.0 Å². The largest absolute Gasteiger partial charge is 0.486 e. The van der Waals surface area contributed by atoms with Gasteiger partial charge in [-0.2, -0.15) is 0 Å². The van der Waals surface area contributed by atoms with Gasteiger partial charge in [-0.3, -0.25) is 10.1 Å². The van der Waals surface area contributed by atoms with Gasteiger partial charge in [-0.1, -0.05) is 26.8 Å². The number of carbonyl (C=O) groups is 1. The number of nitrogens with one attached hydrogen (secondary N) is 1. The molecular weight excluding hydrogens is 294 g/mol. The van der Waals surface area contributed by atoms with E-state index in [2.05, 4.69) is 26.1 Å². The molecule has 23 heavy (non-hydrogen) atoms. The molecule has 0 bridgehead atoms. The second-order valence-electron chi connectivity index (χ2n) is 7.28. The van der Waals surface area contributed by atoms with Crippen molar-refractivity contribution in [2.45, 2.75) is 52.6 Å². The van der Waals surface area contributed by atoms with Gasteiger partial charge < -0.3 is 14.6 Å². The number of hydrogen-bond donors (Lipinski definition) is 2.